The van der Waals surface area contributed by atoms with Crippen molar-refractivity contribution >= 4 is 5.97 Å². The van der Waals surface area contributed by atoms with Crippen molar-refractivity contribution in [1.82, 2.24) is 10.2 Å². The summed E-state index contributed by atoms with van der Waals surface area (Å²) in [5.41, 5.74) is 1.40. The Morgan fingerprint density at radius 3 is 2.17 bits per heavy atom. The molecule has 0 saturated carbocycles. The molecule has 5 heteroatoms. The van der Waals surface area contributed by atoms with Gasteiger partial charge in [0.15, 0.2) is 0 Å². The first kappa shape index (κ1) is 13.8. The first-order valence-corrected chi connectivity index (χ1v) is 5.52. The summed E-state index contributed by atoms with van der Waals surface area (Å²) in [5, 5.41) is 13.2. The maximum atomic E-state index is 10.5. The van der Waals surface area contributed by atoms with Crippen molar-refractivity contribution in [1.29, 1.82) is 0 Å². The summed E-state index contributed by atoms with van der Waals surface area (Å²) in [4.78, 5) is 20.9. The van der Waals surface area contributed by atoms with Gasteiger partial charge in [-0.2, -0.15) is 0 Å². The van der Waals surface area contributed by atoms with E-state index in [-0.39, 0.29) is 5.56 Å². The maximum Gasteiger partial charge on any atom is 0.312 e. The van der Waals surface area contributed by atoms with Gasteiger partial charge in [-0.05, 0) is 13.8 Å². The first-order chi connectivity index (χ1) is 8.50. The van der Waals surface area contributed by atoms with E-state index in [1.807, 2.05) is 18.2 Å². The van der Waals surface area contributed by atoms with Crippen molar-refractivity contribution in [2.45, 2.75) is 19.8 Å². The van der Waals surface area contributed by atoms with Gasteiger partial charge in [-0.15, -0.1) is 0 Å². The fraction of sp³-hybridized carbons (Fsp3) is 0.231. The molecule has 3 N–H and O–H groups in total. The van der Waals surface area contributed by atoms with Crippen molar-refractivity contribution < 1.29 is 9.90 Å². The van der Waals surface area contributed by atoms with Crippen LogP contribution in [0.3, 0.4) is 0 Å². The van der Waals surface area contributed by atoms with E-state index in [2.05, 4.69) is 29.3 Å². The lowest BCUT2D eigenvalue weighted by Crippen LogP contribution is -2.07. The van der Waals surface area contributed by atoms with Crippen molar-refractivity contribution in [2.24, 2.45) is 0 Å². The number of aromatic amines is 2. The molecule has 1 aromatic carbocycles. The Balaban J connectivity index is 0.000000199. The zero-order valence-electron chi connectivity index (χ0n) is 10.3. The molecule has 5 nitrogen and oxygen atoms in total. The third kappa shape index (κ3) is 4.29. The van der Waals surface area contributed by atoms with Crippen LogP contribution in [-0.4, -0.2) is 21.3 Å². The number of H-pyrrole nitrogens is 2. The monoisotopic (exact) mass is 248 g/mol. The topological polar surface area (TPSA) is 85.9 Å². The number of rotatable bonds is 2. The molecule has 0 amide bonds. The van der Waals surface area contributed by atoms with Gasteiger partial charge in [0.25, 0.3) is 5.56 Å². The normalized spacial score (nSPS) is 11.2. The van der Waals surface area contributed by atoms with Crippen LogP contribution in [0.15, 0.2) is 41.2 Å². The number of aliphatic carboxylic acids is 1. The van der Waals surface area contributed by atoms with Crippen LogP contribution in [0.1, 0.15) is 24.1 Å². The van der Waals surface area contributed by atoms with Gasteiger partial charge < -0.3 is 10.2 Å². The summed E-state index contributed by atoms with van der Waals surface area (Å²) in [6.45, 7) is 3.58. The van der Waals surface area contributed by atoms with Crippen LogP contribution in [-0.2, 0) is 4.79 Å². The summed E-state index contributed by atoms with van der Waals surface area (Å²) in [6, 6.07) is 11.5. The fourth-order valence-corrected chi connectivity index (χ4v) is 1.25. The molecule has 0 bridgehead atoms. The molecule has 0 radical (unpaired) electrons. The van der Waals surface area contributed by atoms with E-state index < -0.39 is 11.9 Å². The Morgan fingerprint density at radius 2 is 1.83 bits per heavy atom. The van der Waals surface area contributed by atoms with Crippen LogP contribution >= 0.6 is 0 Å². The summed E-state index contributed by atoms with van der Waals surface area (Å²) in [5.74, 6) is -1.63. The van der Waals surface area contributed by atoms with Gasteiger partial charge in [0.2, 0.25) is 0 Å². The average Bonchev–Trinajstić information content (AvgIpc) is 2.76. The second-order valence-corrected chi connectivity index (χ2v) is 3.93. The smallest absolute Gasteiger partial charge is 0.312 e. The van der Waals surface area contributed by atoms with E-state index >= 15 is 0 Å². The van der Waals surface area contributed by atoms with Gasteiger partial charge in [-0.1, -0.05) is 35.9 Å². The summed E-state index contributed by atoms with van der Waals surface area (Å²) in [6.07, 6.45) is 0. The second-order valence-electron chi connectivity index (χ2n) is 3.93. The molecule has 0 spiro atoms. The average molecular weight is 248 g/mol. The Bertz CT molecular complexity index is 543. The zero-order valence-corrected chi connectivity index (χ0v) is 10.3. The lowest BCUT2D eigenvalue weighted by atomic mass is 10.1. The number of carboxylic acid groups (broad SMARTS) is 1. The van der Waals surface area contributed by atoms with Gasteiger partial charge in [0, 0.05) is 6.07 Å². The molecular weight excluding hydrogens is 232 g/mol. The predicted octanol–water partition coefficient (Wildman–Crippen LogP) is 1.89. The van der Waals surface area contributed by atoms with Crippen LogP contribution in [0.2, 0.25) is 0 Å². The highest BCUT2D eigenvalue weighted by Crippen LogP contribution is 2.08. The van der Waals surface area contributed by atoms with Crippen molar-refractivity contribution in [3.8, 4) is 0 Å². The van der Waals surface area contributed by atoms with Gasteiger partial charge in [0.1, 0.15) is 0 Å². The van der Waals surface area contributed by atoms with Crippen LogP contribution in [0.5, 0.6) is 0 Å². The van der Waals surface area contributed by atoms with Crippen LogP contribution in [0, 0.1) is 6.92 Å². The highest BCUT2D eigenvalue weighted by atomic mass is 16.4. The number of aromatic nitrogens is 2. The van der Waals surface area contributed by atoms with Gasteiger partial charge >= 0.3 is 5.97 Å². The molecule has 96 valence electrons. The van der Waals surface area contributed by atoms with E-state index in [9.17, 15) is 9.59 Å². The Kier molecular flexibility index (Phi) is 4.92. The SMILES string of the molecule is CC(C(=O)O)c1cc(=O)[nH][nH]1.Cc1ccccc1. The number of benzene rings is 1. The molecule has 1 unspecified atom stereocenters. The third-order valence-electron chi connectivity index (χ3n) is 2.39. The fourth-order valence-electron chi connectivity index (χ4n) is 1.25. The van der Waals surface area contributed by atoms with Crippen LogP contribution in [0.4, 0.5) is 0 Å². The van der Waals surface area contributed by atoms with Crippen LogP contribution in [0.25, 0.3) is 0 Å². The standard InChI is InChI=1S/C7H8.C6H8N2O3/c1-7-5-3-2-4-6-7;1-3(6(10)11)4-2-5(9)8-7-4/h2-6H,1H3;2-3H,1H3,(H,10,11)(H2,7,8,9). The Labute approximate surface area is 104 Å². The Hall–Kier alpha value is -2.30. The number of aryl methyl sites for hydroxylation is 1. The molecule has 2 rings (SSSR count). The molecule has 0 aliphatic rings. The highest BCUT2D eigenvalue weighted by Gasteiger charge is 2.14. The van der Waals surface area contributed by atoms with Crippen molar-refractivity contribution in [3.05, 3.63) is 58.0 Å². The first-order valence-electron chi connectivity index (χ1n) is 5.52. The third-order valence-corrected chi connectivity index (χ3v) is 2.39. The molecule has 2 aromatic rings. The minimum Gasteiger partial charge on any atom is -0.481 e. The number of carbonyl (C=O) groups is 1. The minimum atomic E-state index is -0.958. The molecule has 0 aliphatic heterocycles. The van der Waals surface area contributed by atoms with E-state index in [0.29, 0.717) is 5.69 Å². The van der Waals surface area contributed by atoms with E-state index in [0.717, 1.165) is 0 Å². The van der Waals surface area contributed by atoms with Crippen LogP contribution < -0.4 is 5.56 Å². The zero-order chi connectivity index (χ0) is 13.5. The quantitative estimate of drug-likeness (QED) is 0.758. The van der Waals surface area contributed by atoms with Gasteiger partial charge in [0.05, 0.1) is 11.6 Å². The molecule has 1 atom stereocenters. The summed E-state index contributed by atoms with van der Waals surface area (Å²) < 4.78 is 0. The van der Waals surface area contributed by atoms with Crippen molar-refractivity contribution in [3.63, 3.8) is 0 Å². The number of hydrogen-bond acceptors (Lipinski definition) is 2. The molecule has 0 fully saturated rings. The molecule has 0 saturated heterocycles. The number of carboxylic acids is 1. The molecule has 1 heterocycles. The van der Waals surface area contributed by atoms with E-state index in [4.69, 9.17) is 5.11 Å². The molecular formula is C13H16N2O3. The largest absolute Gasteiger partial charge is 0.481 e. The van der Waals surface area contributed by atoms with Gasteiger partial charge in [-0.25, -0.2) is 0 Å². The number of nitrogens with one attached hydrogen (secondary N) is 2. The van der Waals surface area contributed by atoms with Gasteiger partial charge in [-0.3, -0.25) is 14.7 Å². The summed E-state index contributed by atoms with van der Waals surface area (Å²) >= 11 is 0. The highest BCUT2D eigenvalue weighted by molar-refractivity contribution is 5.74. The van der Waals surface area contributed by atoms with E-state index in [1.165, 1.54) is 18.6 Å². The number of hydrogen-bond donors (Lipinski definition) is 3. The second kappa shape index (κ2) is 6.44. The molecule has 18 heavy (non-hydrogen) atoms. The lowest BCUT2D eigenvalue weighted by Gasteiger charge is -1.99. The minimum absolute atomic E-state index is 0.312. The maximum absolute atomic E-state index is 10.5. The Morgan fingerprint density at radius 1 is 1.22 bits per heavy atom. The van der Waals surface area contributed by atoms with E-state index in [1.54, 1.807) is 0 Å². The summed E-state index contributed by atoms with van der Waals surface area (Å²) in [7, 11) is 0. The molecule has 1 aromatic heterocycles. The predicted molar refractivity (Wildman–Crippen MR) is 68.6 cm³/mol. The van der Waals surface area contributed by atoms with Crippen molar-refractivity contribution in [2.75, 3.05) is 0 Å². The lowest BCUT2D eigenvalue weighted by molar-refractivity contribution is -0.138. The molecule has 0 aliphatic carbocycles.